The summed E-state index contributed by atoms with van der Waals surface area (Å²) >= 11 is 1.75. The molecule has 31 heavy (non-hydrogen) atoms. The molecular weight excluding hydrogens is 410 g/mol. The molecule has 0 fully saturated rings. The van der Waals surface area contributed by atoms with E-state index in [4.69, 9.17) is 2.74 Å². The molecule has 0 aliphatic rings. The second-order valence-corrected chi connectivity index (χ2v) is 16.5. The lowest BCUT2D eigenvalue weighted by atomic mass is 9.82. The predicted molar refractivity (Wildman–Crippen MR) is 142 cm³/mol. The molecule has 5 aromatic rings. The third kappa shape index (κ3) is 3.40. The molecular formula is C28H29NSSi. The van der Waals surface area contributed by atoms with Gasteiger partial charge in [-0.1, -0.05) is 82.9 Å². The molecule has 0 N–H and O–H groups in total. The van der Waals surface area contributed by atoms with Gasteiger partial charge < -0.3 is 0 Å². The van der Waals surface area contributed by atoms with Crippen LogP contribution in [0.2, 0.25) is 19.6 Å². The number of rotatable bonds is 2. The second kappa shape index (κ2) is 7.01. The van der Waals surface area contributed by atoms with E-state index in [9.17, 15) is 0 Å². The van der Waals surface area contributed by atoms with Crippen molar-refractivity contribution in [1.29, 1.82) is 0 Å². The van der Waals surface area contributed by atoms with E-state index in [-0.39, 0.29) is 17.6 Å². The summed E-state index contributed by atoms with van der Waals surface area (Å²) in [6.45, 7) is 13.8. The molecule has 156 valence electrons. The highest BCUT2D eigenvalue weighted by atomic mass is 32.1. The number of fused-ring (bicyclic) bond motifs is 4. The molecule has 0 radical (unpaired) electrons. The first-order valence-electron chi connectivity index (χ1n) is 11.8. The fourth-order valence-electron chi connectivity index (χ4n) is 4.45. The molecule has 0 amide bonds. The number of aromatic nitrogens is 1. The SMILES string of the molecule is [2H]c1nc(-c2cc(C(C)(C)C)c3ccccc3c2)c2sc3c([Si](C)(C)C)cccc3c2c1[2H]. The highest BCUT2D eigenvalue weighted by molar-refractivity contribution is 7.28. The normalized spacial score (nSPS) is 13.7. The Labute approximate surface area is 192 Å². The molecule has 0 saturated carbocycles. The third-order valence-electron chi connectivity index (χ3n) is 6.03. The number of hydrogen-bond acceptors (Lipinski definition) is 2. The molecule has 2 aromatic heterocycles. The van der Waals surface area contributed by atoms with Crippen LogP contribution in [0.5, 0.6) is 0 Å². The topological polar surface area (TPSA) is 12.9 Å². The standard InChI is InChI=1S/C28H29NSSi/c1-28(2,3)23-17-19(16-18-10-7-8-11-20(18)23)25-27-22(14-15-29-25)21-12-9-13-24(26(21)30-27)31(4,5)6/h7-17H,1-6H3/i14D,15D. The van der Waals surface area contributed by atoms with Crippen molar-refractivity contribution in [2.24, 2.45) is 0 Å². The Balaban J connectivity index is 1.92. The average molecular weight is 442 g/mol. The van der Waals surface area contributed by atoms with Gasteiger partial charge in [0.15, 0.2) is 0 Å². The zero-order chi connectivity index (χ0) is 23.7. The lowest BCUT2D eigenvalue weighted by Gasteiger charge is -2.22. The van der Waals surface area contributed by atoms with E-state index >= 15 is 0 Å². The molecule has 0 saturated heterocycles. The first-order valence-corrected chi connectivity index (χ1v) is 15.1. The van der Waals surface area contributed by atoms with Crippen molar-refractivity contribution in [2.45, 2.75) is 45.8 Å². The molecule has 0 aliphatic heterocycles. The summed E-state index contributed by atoms with van der Waals surface area (Å²) < 4.78 is 19.5. The Hall–Kier alpha value is -2.49. The van der Waals surface area contributed by atoms with Gasteiger partial charge in [-0.25, -0.2) is 0 Å². The molecule has 0 unspecified atom stereocenters. The van der Waals surface area contributed by atoms with Crippen LogP contribution in [-0.4, -0.2) is 13.1 Å². The van der Waals surface area contributed by atoms with Crippen LogP contribution in [-0.2, 0) is 5.41 Å². The van der Waals surface area contributed by atoms with E-state index in [1.165, 1.54) is 26.2 Å². The van der Waals surface area contributed by atoms with Gasteiger partial charge in [0.25, 0.3) is 0 Å². The fourth-order valence-corrected chi connectivity index (χ4v) is 8.12. The van der Waals surface area contributed by atoms with Crippen molar-refractivity contribution in [3.63, 3.8) is 0 Å². The molecule has 2 heterocycles. The number of thiophene rings is 1. The molecule has 0 aliphatic carbocycles. The van der Waals surface area contributed by atoms with Crippen molar-refractivity contribution in [2.75, 3.05) is 0 Å². The first-order chi connectivity index (χ1) is 15.5. The van der Waals surface area contributed by atoms with Gasteiger partial charge in [0.1, 0.15) is 0 Å². The van der Waals surface area contributed by atoms with E-state index in [0.29, 0.717) is 0 Å². The van der Waals surface area contributed by atoms with Gasteiger partial charge in [0.05, 0.1) is 21.2 Å². The monoisotopic (exact) mass is 441 g/mol. The van der Waals surface area contributed by atoms with Crippen molar-refractivity contribution >= 4 is 55.5 Å². The van der Waals surface area contributed by atoms with Gasteiger partial charge >= 0.3 is 0 Å². The summed E-state index contributed by atoms with van der Waals surface area (Å²) in [6.07, 6.45) is 0.0427. The molecule has 3 heteroatoms. The maximum absolute atomic E-state index is 8.71. The summed E-state index contributed by atoms with van der Waals surface area (Å²) in [5, 5.41) is 5.81. The van der Waals surface area contributed by atoms with Crippen LogP contribution in [0.1, 0.15) is 29.1 Å². The Morgan fingerprint density at radius 1 is 0.871 bits per heavy atom. The minimum absolute atomic E-state index is 0.0287. The maximum atomic E-state index is 8.71. The van der Waals surface area contributed by atoms with E-state index < -0.39 is 8.07 Å². The van der Waals surface area contributed by atoms with Gasteiger partial charge in [-0.2, -0.15) is 0 Å². The average Bonchev–Trinajstić information content (AvgIpc) is 3.13. The van der Waals surface area contributed by atoms with Gasteiger partial charge in [0, 0.05) is 27.2 Å². The van der Waals surface area contributed by atoms with Crippen LogP contribution >= 0.6 is 11.3 Å². The van der Waals surface area contributed by atoms with Gasteiger partial charge in [-0.3, -0.25) is 4.98 Å². The number of nitrogens with zero attached hydrogens (tertiary/aromatic N) is 1. The lowest BCUT2D eigenvalue weighted by molar-refractivity contribution is 0.596. The van der Waals surface area contributed by atoms with Crippen molar-refractivity contribution < 1.29 is 2.74 Å². The Kier molecular flexibility index (Phi) is 4.10. The second-order valence-electron chi connectivity index (χ2n) is 10.4. The first kappa shape index (κ1) is 18.1. The van der Waals surface area contributed by atoms with Crippen molar-refractivity contribution in [1.82, 2.24) is 4.98 Å². The van der Waals surface area contributed by atoms with Crippen LogP contribution in [0, 0.1) is 0 Å². The van der Waals surface area contributed by atoms with Crippen LogP contribution in [0.25, 0.3) is 42.2 Å². The summed E-state index contributed by atoms with van der Waals surface area (Å²) in [4.78, 5) is 4.69. The quantitative estimate of drug-likeness (QED) is 0.252. The number of hydrogen-bond donors (Lipinski definition) is 0. The van der Waals surface area contributed by atoms with Crippen molar-refractivity contribution in [3.05, 3.63) is 72.4 Å². The molecule has 0 spiro atoms. The van der Waals surface area contributed by atoms with Gasteiger partial charge in [-0.05, 0) is 45.1 Å². The molecule has 5 rings (SSSR count). The summed E-state index contributed by atoms with van der Waals surface area (Å²) in [5.41, 5.74) is 3.10. The molecule has 0 bridgehead atoms. The smallest absolute Gasteiger partial charge is 0.0880 e. The fraction of sp³-hybridized carbons (Fsp3) is 0.250. The Morgan fingerprint density at radius 3 is 2.35 bits per heavy atom. The zero-order valence-corrected chi connectivity index (χ0v) is 20.9. The Morgan fingerprint density at radius 2 is 1.61 bits per heavy atom. The molecule has 0 atom stereocenters. The van der Waals surface area contributed by atoms with Crippen molar-refractivity contribution in [3.8, 4) is 11.3 Å². The zero-order valence-electron chi connectivity index (χ0n) is 21.1. The minimum Gasteiger partial charge on any atom is -0.255 e. The minimum atomic E-state index is -1.58. The third-order valence-corrected chi connectivity index (χ3v) is 9.49. The van der Waals surface area contributed by atoms with E-state index in [0.717, 1.165) is 26.7 Å². The highest BCUT2D eigenvalue weighted by Crippen LogP contribution is 2.41. The lowest BCUT2D eigenvalue weighted by Crippen LogP contribution is -2.37. The largest absolute Gasteiger partial charge is 0.255 e. The predicted octanol–water partition coefficient (Wildman–Crippen LogP) is 8.11. The summed E-state index contributed by atoms with van der Waals surface area (Å²) in [7, 11) is -1.58. The molecule has 3 aromatic carbocycles. The summed E-state index contributed by atoms with van der Waals surface area (Å²) in [6, 6.07) is 19.6. The van der Waals surface area contributed by atoms with Crippen LogP contribution < -0.4 is 5.19 Å². The molecule has 1 nitrogen and oxygen atoms in total. The van der Waals surface area contributed by atoms with Crippen LogP contribution in [0.3, 0.4) is 0 Å². The van der Waals surface area contributed by atoms with E-state index in [1.54, 1.807) is 11.3 Å². The van der Waals surface area contributed by atoms with E-state index in [1.807, 2.05) is 0 Å². The van der Waals surface area contributed by atoms with Crippen LogP contribution in [0.4, 0.5) is 0 Å². The number of benzene rings is 3. The highest BCUT2D eigenvalue weighted by Gasteiger charge is 2.23. The van der Waals surface area contributed by atoms with E-state index in [2.05, 4.69) is 100.0 Å². The maximum Gasteiger partial charge on any atom is 0.0880 e. The van der Waals surface area contributed by atoms with Gasteiger partial charge in [-0.15, -0.1) is 11.3 Å². The number of pyridine rings is 1. The van der Waals surface area contributed by atoms with Gasteiger partial charge in [0.2, 0.25) is 0 Å². The summed E-state index contributed by atoms with van der Waals surface area (Å²) in [5.74, 6) is 0. The Bertz CT molecular complexity index is 1550. The van der Waals surface area contributed by atoms with Crippen LogP contribution in [0.15, 0.2) is 66.8 Å².